The molecule has 1 aliphatic heterocycles. The van der Waals surface area contributed by atoms with Gasteiger partial charge in [-0.25, -0.2) is 4.98 Å². The largest absolute Gasteiger partial charge is 0.497 e. The van der Waals surface area contributed by atoms with Crippen LogP contribution in [0.4, 0.5) is 0 Å². The van der Waals surface area contributed by atoms with Crippen molar-refractivity contribution in [3.8, 4) is 5.75 Å². The molecule has 0 unspecified atom stereocenters. The van der Waals surface area contributed by atoms with Crippen LogP contribution in [0.25, 0.3) is 0 Å². The van der Waals surface area contributed by atoms with Crippen molar-refractivity contribution in [2.24, 2.45) is 0 Å². The first-order valence-electron chi connectivity index (χ1n) is 7.90. The number of hydrogen-bond acceptors (Lipinski definition) is 6. The number of nitrogens with zero attached hydrogens (tertiary/aromatic N) is 2. The summed E-state index contributed by atoms with van der Waals surface area (Å²) in [6.07, 6.45) is 0. The molecule has 3 rings (SSSR count). The van der Waals surface area contributed by atoms with Gasteiger partial charge in [-0.15, -0.1) is 11.3 Å². The fourth-order valence-corrected chi connectivity index (χ4v) is 3.27. The summed E-state index contributed by atoms with van der Waals surface area (Å²) in [6.45, 7) is 4.61. The van der Waals surface area contributed by atoms with Crippen LogP contribution in [0.1, 0.15) is 21.1 Å². The number of benzene rings is 1. The number of hydrogen-bond donors (Lipinski definition) is 1. The number of methoxy groups -OCH3 is 1. The van der Waals surface area contributed by atoms with Gasteiger partial charge in [-0.05, 0) is 17.7 Å². The Hall–Kier alpha value is -1.96. The van der Waals surface area contributed by atoms with E-state index >= 15 is 0 Å². The Labute approximate surface area is 145 Å². The second kappa shape index (κ2) is 8.23. The van der Waals surface area contributed by atoms with Gasteiger partial charge in [-0.2, -0.15) is 0 Å². The minimum Gasteiger partial charge on any atom is -0.497 e. The van der Waals surface area contributed by atoms with E-state index in [1.54, 1.807) is 7.11 Å². The lowest BCUT2D eigenvalue weighted by Crippen LogP contribution is -2.35. The Bertz CT molecular complexity index is 666. The number of carbonyl (C=O) groups excluding carboxylic acids is 1. The maximum Gasteiger partial charge on any atom is 0.271 e. The van der Waals surface area contributed by atoms with E-state index < -0.39 is 0 Å². The van der Waals surface area contributed by atoms with E-state index in [1.165, 1.54) is 11.3 Å². The van der Waals surface area contributed by atoms with Gasteiger partial charge in [0.05, 0.1) is 26.9 Å². The summed E-state index contributed by atoms with van der Waals surface area (Å²) in [4.78, 5) is 19.0. The van der Waals surface area contributed by atoms with Crippen molar-refractivity contribution in [2.75, 3.05) is 33.4 Å². The molecular formula is C17H21N3O3S. The molecule has 0 saturated carbocycles. The van der Waals surface area contributed by atoms with Crippen molar-refractivity contribution >= 4 is 17.2 Å². The summed E-state index contributed by atoms with van der Waals surface area (Å²) in [5.74, 6) is 0.660. The number of thiazole rings is 1. The molecule has 0 bridgehead atoms. The number of carbonyl (C=O) groups is 1. The average molecular weight is 347 g/mol. The normalized spacial score (nSPS) is 15.2. The fraction of sp³-hybridized carbons (Fsp3) is 0.412. The fourth-order valence-electron chi connectivity index (χ4n) is 2.45. The average Bonchev–Trinajstić information content (AvgIpc) is 3.09. The van der Waals surface area contributed by atoms with Crippen LogP contribution in [0.3, 0.4) is 0 Å². The monoisotopic (exact) mass is 347 g/mol. The molecule has 1 fully saturated rings. The van der Waals surface area contributed by atoms with E-state index in [0.29, 0.717) is 12.2 Å². The maximum atomic E-state index is 12.2. The highest BCUT2D eigenvalue weighted by atomic mass is 32.1. The van der Waals surface area contributed by atoms with Gasteiger partial charge in [0.1, 0.15) is 16.5 Å². The molecule has 1 saturated heterocycles. The van der Waals surface area contributed by atoms with Crippen LogP contribution in [-0.4, -0.2) is 49.2 Å². The SMILES string of the molecule is COc1ccc(CNC(=O)c2csc(CN3CCOCC3)n2)cc1. The lowest BCUT2D eigenvalue weighted by atomic mass is 10.2. The van der Waals surface area contributed by atoms with Crippen LogP contribution in [0, 0.1) is 0 Å². The third-order valence-electron chi connectivity index (χ3n) is 3.86. The summed E-state index contributed by atoms with van der Waals surface area (Å²) in [7, 11) is 1.63. The molecule has 2 heterocycles. The molecule has 1 aromatic heterocycles. The number of amides is 1. The molecule has 1 aromatic carbocycles. The van der Waals surface area contributed by atoms with Gasteiger partial charge in [-0.1, -0.05) is 12.1 Å². The Morgan fingerprint density at radius 1 is 1.33 bits per heavy atom. The van der Waals surface area contributed by atoms with E-state index in [0.717, 1.165) is 49.2 Å². The van der Waals surface area contributed by atoms with Crippen molar-refractivity contribution in [1.29, 1.82) is 0 Å². The molecular weight excluding hydrogens is 326 g/mol. The van der Waals surface area contributed by atoms with Gasteiger partial charge in [0.25, 0.3) is 5.91 Å². The van der Waals surface area contributed by atoms with Crippen LogP contribution < -0.4 is 10.1 Å². The summed E-state index contributed by atoms with van der Waals surface area (Å²) in [5.41, 5.74) is 1.50. The molecule has 0 atom stereocenters. The molecule has 1 N–H and O–H groups in total. The highest BCUT2D eigenvalue weighted by molar-refractivity contribution is 7.09. The molecule has 0 spiro atoms. The first-order valence-corrected chi connectivity index (χ1v) is 8.78. The zero-order valence-corrected chi connectivity index (χ0v) is 14.5. The molecule has 1 amide bonds. The van der Waals surface area contributed by atoms with Crippen LogP contribution >= 0.6 is 11.3 Å². The number of rotatable bonds is 6. The lowest BCUT2D eigenvalue weighted by Gasteiger charge is -2.25. The smallest absolute Gasteiger partial charge is 0.271 e. The van der Waals surface area contributed by atoms with Crippen LogP contribution in [0.5, 0.6) is 5.75 Å². The molecule has 6 nitrogen and oxygen atoms in total. The van der Waals surface area contributed by atoms with Crippen molar-refractivity contribution in [3.63, 3.8) is 0 Å². The van der Waals surface area contributed by atoms with E-state index in [1.807, 2.05) is 29.6 Å². The Kier molecular flexibility index (Phi) is 5.79. The van der Waals surface area contributed by atoms with Crippen LogP contribution in [0.15, 0.2) is 29.6 Å². The first-order chi connectivity index (χ1) is 11.7. The van der Waals surface area contributed by atoms with E-state index in [9.17, 15) is 4.79 Å². The van der Waals surface area contributed by atoms with Crippen molar-refractivity contribution in [2.45, 2.75) is 13.1 Å². The summed E-state index contributed by atoms with van der Waals surface area (Å²) in [5, 5.41) is 5.68. The Morgan fingerprint density at radius 3 is 2.79 bits per heavy atom. The second-order valence-corrected chi connectivity index (χ2v) is 6.49. The highest BCUT2D eigenvalue weighted by Crippen LogP contribution is 2.14. The topological polar surface area (TPSA) is 63.7 Å². The van der Waals surface area contributed by atoms with Crippen LogP contribution in [0.2, 0.25) is 0 Å². The predicted molar refractivity (Wildman–Crippen MR) is 92.4 cm³/mol. The standard InChI is InChI=1S/C17H21N3O3S/c1-22-14-4-2-13(3-5-14)10-18-17(21)15-12-24-16(19-15)11-20-6-8-23-9-7-20/h2-5,12H,6-11H2,1H3,(H,18,21). The maximum absolute atomic E-state index is 12.2. The van der Waals surface area contributed by atoms with Gasteiger partial charge in [0.2, 0.25) is 0 Å². The molecule has 0 aliphatic carbocycles. The molecule has 0 radical (unpaired) electrons. The second-order valence-electron chi connectivity index (χ2n) is 5.55. The van der Waals surface area contributed by atoms with Crippen molar-refractivity contribution in [3.05, 3.63) is 45.9 Å². The third-order valence-corrected chi connectivity index (χ3v) is 4.69. The molecule has 7 heteroatoms. The van der Waals surface area contributed by atoms with Crippen molar-refractivity contribution in [1.82, 2.24) is 15.2 Å². The quantitative estimate of drug-likeness (QED) is 0.865. The van der Waals surface area contributed by atoms with Gasteiger partial charge in [0.15, 0.2) is 0 Å². The van der Waals surface area contributed by atoms with E-state index in [4.69, 9.17) is 9.47 Å². The zero-order valence-electron chi connectivity index (χ0n) is 13.7. The minimum atomic E-state index is -0.143. The Balaban J connectivity index is 1.51. The minimum absolute atomic E-state index is 0.143. The lowest BCUT2D eigenvalue weighted by molar-refractivity contribution is 0.0341. The summed E-state index contributed by atoms with van der Waals surface area (Å²) in [6, 6.07) is 7.63. The molecule has 128 valence electrons. The molecule has 24 heavy (non-hydrogen) atoms. The zero-order chi connectivity index (χ0) is 16.8. The van der Waals surface area contributed by atoms with E-state index in [2.05, 4.69) is 15.2 Å². The van der Waals surface area contributed by atoms with Gasteiger partial charge in [-0.3, -0.25) is 9.69 Å². The Morgan fingerprint density at radius 2 is 2.08 bits per heavy atom. The summed E-state index contributed by atoms with van der Waals surface area (Å²) >= 11 is 1.53. The van der Waals surface area contributed by atoms with Gasteiger partial charge < -0.3 is 14.8 Å². The number of ether oxygens (including phenoxy) is 2. The number of aromatic nitrogens is 1. The highest BCUT2D eigenvalue weighted by Gasteiger charge is 2.15. The van der Waals surface area contributed by atoms with Gasteiger partial charge >= 0.3 is 0 Å². The number of nitrogens with one attached hydrogen (secondary N) is 1. The van der Waals surface area contributed by atoms with Crippen LogP contribution in [-0.2, 0) is 17.8 Å². The van der Waals surface area contributed by atoms with Crippen molar-refractivity contribution < 1.29 is 14.3 Å². The third kappa shape index (κ3) is 4.53. The predicted octanol–water partition coefficient (Wildman–Crippen LogP) is 1.91. The summed E-state index contributed by atoms with van der Waals surface area (Å²) < 4.78 is 10.5. The molecule has 1 aliphatic rings. The molecule has 2 aromatic rings. The van der Waals surface area contributed by atoms with E-state index in [-0.39, 0.29) is 5.91 Å². The van der Waals surface area contributed by atoms with Gasteiger partial charge in [0, 0.05) is 25.0 Å². The number of morpholine rings is 1. The first kappa shape index (κ1) is 16.9.